The highest BCUT2D eigenvalue weighted by Gasteiger charge is 2.15. The molecule has 0 spiro atoms. The minimum Gasteiger partial charge on any atom is -0.478 e. The number of carboxylic acids is 1. The maximum absolute atomic E-state index is 11.7. The predicted molar refractivity (Wildman–Crippen MR) is 121 cm³/mol. The second-order valence-corrected chi connectivity index (χ2v) is 7.79. The molecule has 0 saturated heterocycles. The van der Waals surface area contributed by atoms with Crippen LogP contribution in [0.3, 0.4) is 0 Å². The Morgan fingerprint density at radius 3 is 2.60 bits per heavy atom. The zero-order valence-corrected chi connectivity index (χ0v) is 17.5. The van der Waals surface area contributed by atoms with E-state index in [-0.39, 0.29) is 0 Å². The van der Waals surface area contributed by atoms with Crippen molar-refractivity contribution in [2.45, 2.75) is 40.0 Å². The van der Waals surface area contributed by atoms with E-state index in [0.717, 1.165) is 45.0 Å². The molecular formula is C25H25N3O2. The lowest BCUT2D eigenvalue weighted by Gasteiger charge is -2.14. The van der Waals surface area contributed by atoms with E-state index in [1.165, 1.54) is 5.56 Å². The van der Waals surface area contributed by atoms with E-state index in [1.807, 2.05) is 32.2 Å². The Bertz CT molecular complexity index is 1300. The summed E-state index contributed by atoms with van der Waals surface area (Å²) in [5, 5.41) is 11.6. The zero-order valence-electron chi connectivity index (χ0n) is 17.5. The third kappa shape index (κ3) is 3.47. The maximum Gasteiger partial charge on any atom is 0.335 e. The van der Waals surface area contributed by atoms with Crippen molar-refractivity contribution in [1.29, 1.82) is 0 Å². The van der Waals surface area contributed by atoms with E-state index in [2.05, 4.69) is 35.1 Å². The molecule has 5 nitrogen and oxygen atoms in total. The summed E-state index contributed by atoms with van der Waals surface area (Å²) in [5.41, 5.74) is 13.4. The highest BCUT2D eigenvalue weighted by atomic mass is 16.4. The van der Waals surface area contributed by atoms with Gasteiger partial charge in [-0.3, -0.25) is 4.98 Å². The summed E-state index contributed by atoms with van der Waals surface area (Å²) in [6.07, 6.45) is 4.05. The first-order chi connectivity index (χ1) is 14.4. The van der Waals surface area contributed by atoms with Gasteiger partial charge in [0.15, 0.2) is 5.82 Å². The van der Waals surface area contributed by atoms with E-state index in [4.69, 9.17) is 5.73 Å². The molecular weight excluding hydrogens is 374 g/mol. The van der Waals surface area contributed by atoms with Crippen molar-refractivity contribution in [2.24, 2.45) is 0 Å². The predicted octanol–water partition coefficient (Wildman–Crippen LogP) is 5.03. The summed E-state index contributed by atoms with van der Waals surface area (Å²) in [7, 11) is 0. The molecule has 0 aliphatic carbocycles. The number of rotatable bonds is 5. The highest BCUT2D eigenvalue weighted by Crippen LogP contribution is 2.28. The number of hydrogen-bond donors (Lipinski definition) is 2. The molecule has 2 heterocycles. The molecule has 0 bridgehead atoms. The van der Waals surface area contributed by atoms with Crippen LogP contribution in [0.4, 0.5) is 5.82 Å². The first kappa shape index (κ1) is 19.8. The lowest BCUT2D eigenvalue weighted by molar-refractivity contribution is 0.0695. The van der Waals surface area contributed by atoms with Crippen LogP contribution in [-0.4, -0.2) is 21.0 Å². The van der Waals surface area contributed by atoms with Crippen LogP contribution in [0.15, 0.2) is 42.6 Å². The van der Waals surface area contributed by atoms with Crippen molar-refractivity contribution in [3.63, 3.8) is 0 Å². The molecule has 5 heteroatoms. The molecule has 0 aliphatic heterocycles. The largest absolute Gasteiger partial charge is 0.478 e. The Morgan fingerprint density at radius 1 is 1.07 bits per heavy atom. The number of carbonyl (C=O) groups is 1. The monoisotopic (exact) mass is 399 g/mol. The Kier molecular flexibility index (Phi) is 5.12. The Balaban J connectivity index is 1.75. The van der Waals surface area contributed by atoms with Gasteiger partial charge < -0.3 is 10.8 Å². The van der Waals surface area contributed by atoms with Crippen LogP contribution in [0.5, 0.6) is 0 Å². The van der Waals surface area contributed by atoms with E-state index in [0.29, 0.717) is 29.7 Å². The van der Waals surface area contributed by atoms with E-state index in [1.54, 1.807) is 6.07 Å². The normalized spacial score (nSPS) is 11.3. The van der Waals surface area contributed by atoms with Gasteiger partial charge in [-0.15, -0.1) is 0 Å². The van der Waals surface area contributed by atoms with Crippen LogP contribution in [0.1, 0.15) is 45.1 Å². The van der Waals surface area contributed by atoms with Crippen LogP contribution in [0, 0.1) is 13.8 Å². The van der Waals surface area contributed by atoms with Gasteiger partial charge in [-0.1, -0.05) is 25.1 Å². The summed E-state index contributed by atoms with van der Waals surface area (Å²) in [6.45, 7) is 6.13. The molecule has 4 aromatic rings. The summed E-state index contributed by atoms with van der Waals surface area (Å²) < 4.78 is 0. The van der Waals surface area contributed by atoms with Gasteiger partial charge in [0.05, 0.1) is 11.1 Å². The Labute approximate surface area is 175 Å². The second kappa shape index (κ2) is 7.75. The average Bonchev–Trinajstić information content (AvgIpc) is 2.72. The minimum atomic E-state index is -0.882. The minimum absolute atomic E-state index is 0.382. The number of aromatic carboxylic acids is 1. The van der Waals surface area contributed by atoms with Crippen molar-refractivity contribution < 1.29 is 9.90 Å². The number of nitrogen functional groups attached to an aromatic ring is 1. The average molecular weight is 399 g/mol. The van der Waals surface area contributed by atoms with E-state index >= 15 is 0 Å². The third-order valence-electron chi connectivity index (χ3n) is 5.86. The Hall–Kier alpha value is -3.47. The Morgan fingerprint density at radius 2 is 1.87 bits per heavy atom. The third-order valence-corrected chi connectivity index (χ3v) is 5.86. The van der Waals surface area contributed by atoms with Crippen LogP contribution >= 0.6 is 0 Å². The highest BCUT2D eigenvalue weighted by molar-refractivity contribution is 6.08. The van der Waals surface area contributed by atoms with E-state index in [9.17, 15) is 9.90 Å². The lowest BCUT2D eigenvalue weighted by atomic mass is 9.91. The summed E-state index contributed by atoms with van der Waals surface area (Å²) in [6, 6.07) is 11.9. The molecule has 4 rings (SSSR count). The molecule has 0 fully saturated rings. The van der Waals surface area contributed by atoms with Crippen molar-refractivity contribution in [1.82, 2.24) is 9.97 Å². The van der Waals surface area contributed by atoms with Crippen LogP contribution < -0.4 is 5.73 Å². The van der Waals surface area contributed by atoms with Gasteiger partial charge in [-0.2, -0.15) is 0 Å². The number of aromatic nitrogens is 2. The molecule has 0 radical (unpaired) electrons. The quantitative estimate of drug-likeness (QED) is 0.460. The number of nitrogens with two attached hydrogens (primary N) is 1. The summed E-state index contributed by atoms with van der Waals surface area (Å²) in [4.78, 5) is 20.8. The standard InChI is InChI=1S/C25H25N3O2/c1-4-17-7-10-20(25(29)30)18(15(17)3)9-6-16-12-21-19-8-5-14(2)11-22(19)28-24(26)23(21)27-13-16/h5,7-8,10-13H,4,6,9H2,1-3H3,(H2,26,28)(H,29,30). The fourth-order valence-corrected chi connectivity index (χ4v) is 4.18. The molecule has 30 heavy (non-hydrogen) atoms. The van der Waals surface area contributed by atoms with Gasteiger partial charge in [0, 0.05) is 17.0 Å². The van der Waals surface area contributed by atoms with Gasteiger partial charge in [0.2, 0.25) is 0 Å². The molecule has 0 saturated carbocycles. The SMILES string of the molecule is CCc1ccc(C(=O)O)c(CCc2cnc3c(N)nc4cc(C)ccc4c3c2)c1C. The zero-order chi connectivity index (χ0) is 21.4. The smallest absolute Gasteiger partial charge is 0.335 e. The van der Waals surface area contributed by atoms with Gasteiger partial charge >= 0.3 is 5.97 Å². The number of benzene rings is 2. The van der Waals surface area contributed by atoms with Gasteiger partial charge in [-0.25, -0.2) is 9.78 Å². The van der Waals surface area contributed by atoms with Crippen LogP contribution in [-0.2, 0) is 19.3 Å². The molecule has 2 aromatic carbocycles. The first-order valence-corrected chi connectivity index (χ1v) is 10.2. The molecule has 0 unspecified atom stereocenters. The summed E-state index contributed by atoms with van der Waals surface area (Å²) >= 11 is 0. The van der Waals surface area contributed by atoms with Crippen molar-refractivity contribution in [3.05, 3.63) is 76.0 Å². The van der Waals surface area contributed by atoms with Gasteiger partial charge in [0.25, 0.3) is 0 Å². The number of anilines is 1. The molecule has 2 aromatic heterocycles. The van der Waals surface area contributed by atoms with Crippen molar-refractivity contribution in [2.75, 3.05) is 5.73 Å². The fourth-order valence-electron chi connectivity index (χ4n) is 4.18. The number of aryl methyl sites for hydroxylation is 3. The number of hydrogen-bond acceptors (Lipinski definition) is 4. The molecule has 0 amide bonds. The molecule has 0 atom stereocenters. The number of carboxylic acid groups (broad SMARTS) is 1. The van der Waals surface area contributed by atoms with Gasteiger partial charge in [-0.05, 0) is 79.1 Å². The van der Waals surface area contributed by atoms with Crippen molar-refractivity contribution in [3.8, 4) is 0 Å². The molecule has 152 valence electrons. The molecule has 0 aliphatic rings. The number of pyridine rings is 2. The van der Waals surface area contributed by atoms with Crippen molar-refractivity contribution >= 4 is 33.6 Å². The van der Waals surface area contributed by atoms with E-state index < -0.39 is 5.97 Å². The number of nitrogens with zero attached hydrogens (tertiary/aromatic N) is 2. The summed E-state index contributed by atoms with van der Waals surface area (Å²) in [5.74, 6) is -0.457. The lowest BCUT2D eigenvalue weighted by Crippen LogP contribution is -2.08. The first-order valence-electron chi connectivity index (χ1n) is 10.2. The second-order valence-electron chi connectivity index (χ2n) is 7.79. The number of fused-ring (bicyclic) bond motifs is 3. The topological polar surface area (TPSA) is 89.1 Å². The molecule has 3 N–H and O–H groups in total. The van der Waals surface area contributed by atoms with Crippen LogP contribution in [0.2, 0.25) is 0 Å². The van der Waals surface area contributed by atoms with Crippen LogP contribution in [0.25, 0.3) is 21.8 Å². The maximum atomic E-state index is 11.7. The fraction of sp³-hybridized carbons (Fsp3) is 0.240. The van der Waals surface area contributed by atoms with Gasteiger partial charge in [0.1, 0.15) is 5.52 Å².